The predicted octanol–water partition coefficient (Wildman–Crippen LogP) is 1.52. The Kier molecular flexibility index (Phi) is 6.05. The molecule has 1 heterocycles. The fourth-order valence-corrected chi connectivity index (χ4v) is 4.28. The van der Waals surface area contributed by atoms with Crippen LogP contribution in [0.25, 0.3) is 0 Å². The number of benzene rings is 2. The van der Waals surface area contributed by atoms with Crippen LogP contribution in [0.2, 0.25) is 0 Å². The van der Waals surface area contributed by atoms with Crippen molar-refractivity contribution in [3.63, 3.8) is 0 Å². The van der Waals surface area contributed by atoms with Gasteiger partial charge in [0.05, 0.1) is 10.5 Å². The van der Waals surface area contributed by atoms with Crippen molar-refractivity contribution in [2.45, 2.75) is 4.90 Å². The second-order valence-electron chi connectivity index (χ2n) is 6.18. The van der Waals surface area contributed by atoms with Crippen molar-refractivity contribution in [2.24, 2.45) is 0 Å². The number of piperazine rings is 1. The quantitative estimate of drug-likeness (QED) is 0.703. The van der Waals surface area contributed by atoms with E-state index in [2.05, 4.69) is 0 Å². The highest BCUT2D eigenvalue weighted by atomic mass is 32.2. The number of ether oxygens (including phenoxy) is 1. The lowest BCUT2D eigenvalue weighted by atomic mass is 10.2. The maximum atomic E-state index is 13.3. The van der Waals surface area contributed by atoms with Crippen LogP contribution in [-0.2, 0) is 19.6 Å². The molecule has 3 rings (SSSR count). The number of rotatable bonds is 5. The zero-order valence-electron chi connectivity index (χ0n) is 15.0. The molecule has 0 saturated carbocycles. The lowest BCUT2D eigenvalue weighted by Gasteiger charge is -2.33. The third-order valence-corrected chi connectivity index (χ3v) is 6.26. The van der Waals surface area contributed by atoms with Crippen molar-refractivity contribution in [1.82, 2.24) is 9.21 Å². The predicted molar refractivity (Wildman–Crippen MR) is 98.5 cm³/mol. The molecule has 0 N–H and O–H groups in total. The molecule has 0 aliphatic carbocycles. The fourth-order valence-electron chi connectivity index (χ4n) is 2.83. The minimum Gasteiger partial charge on any atom is -0.452 e. The summed E-state index contributed by atoms with van der Waals surface area (Å²) in [6, 6.07) is 13.1. The van der Waals surface area contributed by atoms with Crippen molar-refractivity contribution >= 4 is 21.9 Å². The van der Waals surface area contributed by atoms with Gasteiger partial charge in [0.15, 0.2) is 6.61 Å². The molecule has 1 aliphatic rings. The van der Waals surface area contributed by atoms with E-state index in [-0.39, 0.29) is 31.1 Å². The zero-order valence-corrected chi connectivity index (χ0v) is 15.8. The first kappa shape index (κ1) is 20.0. The van der Waals surface area contributed by atoms with Crippen LogP contribution < -0.4 is 0 Å². The van der Waals surface area contributed by atoms with E-state index < -0.39 is 34.3 Å². The van der Waals surface area contributed by atoms with Crippen molar-refractivity contribution in [3.8, 4) is 0 Å². The van der Waals surface area contributed by atoms with Crippen LogP contribution in [0.5, 0.6) is 0 Å². The molecule has 0 atom stereocenters. The van der Waals surface area contributed by atoms with Gasteiger partial charge >= 0.3 is 5.97 Å². The minimum absolute atomic E-state index is 0.0806. The molecule has 1 aliphatic heterocycles. The monoisotopic (exact) mass is 406 g/mol. The standard InChI is InChI=1S/C19H19FN2O5S/c20-16-7-4-8-17(13-16)28(25,26)22-11-9-21(10-12-22)18(23)14-27-19(24)15-5-2-1-3-6-15/h1-8,13H,9-12,14H2. The van der Waals surface area contributed by atoms with Gasteiger partial charge in [-0.2, -0.15) is 4.31 Å². The first-order valence-electron chi connectivity index (χ1n) is 8.63. The second kappa shape index (κ2) is 8.49. The highest BCUT2D eigenvalue weighted by Gasteiger charge is 2.30. The number of sulfonamides is 1. The molecule has 7 nitrogen and oxygen atoms in total. The van der Waals surface area contributed by atoms with Gasteiger partial charge < -0.3 is 9.64 Å². The number of hydrogen-bond acceptors (Lipinski definition) is 5. The van der Waals surface area contributed by atoms with Gasteiger partial charge in [0.1, 0.15) is 5.82 Å². The van der Waals surface area contributed by atoms with Gasteiger partial charge in [0.2, 0.25) is 10.0 Å². The normalized spacial score (nSPS) is 15.2. The Morgan fingerprint density at radius 2 is 1.64 bits per heavy atom. The molecule has 2 aromatic carbocycles. The molecule has 1 fully saturated rings. The molecule has 148 valence electrons. The maximum Gasteiger partial charge on any atom is 0.338 e. The number of carbonyl (C=O) groups is 2. The molecule has 9 heteroatoms. The Morgan fingerprint density at radius 3 is 2.29 bits per heavy atom. The van der Waals surface area contributed by atoms with E-state index in [0.29, 0.717) is 5.56 Å². The summed E-state index contributed by atoms with van der Waals surface area (Å²) >= 11 is 0. The third kappa shape index (κ3) is 4.55. The Bertz CT molecular complexity index is 957. The van der Waals surface area contributed by atoms with Crippen molar-refractivity contribution in [2.75, 3.05) is 32.8 Å². The smallest absolute Gasteiger partial charge is 0.338 e. The van der Waals surface area contributed by atoms with E-state index in [9.17, 15) is 22.4 Å². The highest BCUT2D eigenvalue weighted by Crippen LogP contribution is 2.18. The molecule has 0 aromatic heterocycles. The van der Waals surface area contributed by atoms with Gasteiger partial charge in [-0.15, -0.1) is 0 Å². The van der Waals surface area contributed by atoms with Gasteiger partial charge in [-0.3, -0.25) is 4.79 Å². The number of carbonyl (C=O) groups excluding carboxylic acids is 2. The molecule has 1 saturated heterocycles. The molecule has 28 heavy (non-hydrogen) atoms. The summed E-state index contributed by atoms with van der Waals surface area (Å²) in [4.78, 5) is 25.4. The van der Waals surface area contributed by atoms with Crippen LogP contribution >= 0.6 is 0 Å². The van der Waals surface area contributed by atoms with Crippen molar-refractivity contribution in [3.05, 3.63) is 66.0 Å². The molecular weight excluding hydrogens is 387 g/mol. The van der Waals surface area contributed by atoms with Crippen LogP contribution in [0.3, 0.4) is 0 Å². The molecule has 0 bridgehead atoms. The third-order valence-electron chi connectivity index (χ3n) is 4.36. The van der Waals surface area contributed by atoms with E-state index in [0.717, 1.165) is 6.07 Å². The summed E-state index contributed by atoms with van der Waals surface area (Å²) in [7, 11) is -3.83. The summed E-state index contributed by atoms with van der Waals surface area (Å²) in [5.41, 5.74) is 0.348. The number of halogens is 1. The van der Waals surface area contributed by atoms with Crippen LogP contribution in [0.4, 0.5) is 4.39 Å². The van der Waals surface area contributed by atoms with Gasteiger partial charge in [-0.25, -0.2) is 17.6 Å². The molecule has 0 spiro atoms. The van der Waals surface area contributed by atoms with E-state index in [1.165, 1.54) is 27.4 Å². The average molecular weight is 406 g/mol. The number of hydrogen-bond donors (Lipinski definition) is 0. The molecule has 0 unspecified atom stereocenters. The molecular formula is C19H19FN2O5S. The second-order valence-corrected chi connectivity index (χ2v) is 8.12. The Morgan fingerprint density at radius 1 is 0.964 bits per heavy atom. The average Bonchev–Trinajstić information content (AvgIpc) is 2.72. The van der Waals surface area contributed by atoms with E-state index >= 15 is 0 Å². The lowest BCUT2D eigenvalue weighted by Crippen LogP contribution is -2.51. The van der Waals surface area contributed by atoms with E-state index in [1.807, 2.05) is 0 Å². The number of nitrogens with zero attached hydrogens (tertiary/aromatic N) is 2. The first-order valence-corrected chi connectivity index (χ1v) is 10.1. The zero-order chi connectivity index (χ0) is 20.1. The summed E-state index contributed by atoms with van der Waals surface area (Å²) in [6.45, 7) is 0.0747. The van der Waals surface area contributed by atoms with Crippen LogP contribution in [0.15, 0.2) is 59.5 Å². The van der Waals surface area contributed by atoms with E-state index in [1.54, 1.807) is 30.3 Å². The van der Waals surface area contributed by atoms with Crippen LogP contribution in [0.1, 0.15) is 10.4 Å². The molecule has 0 radical (unpaired) electrons. The van der Waals surface area contributed by atoms with Crippen molar-refractivity contribution in [1.29, 1.82) is 0 Å². The first-order chi connectivity index (χ1) is 13.4. The maximum absolute atomic E-state index is 13.3. The van der Waals surface area contributed by atoms with Crippen LogP contribution in [-0.4, -0.2) is 62.3 Å². The van der Waals surface area contributed by atoms with Gasteiger partial charge in [0.25, 0.3) is 5.91 Å². The fraction of sp³-hybridized carbons (Fsp3) is 0.263. The Balaban J connectivity index is 1.53. The molecule has 1 amide bonds. The Labute approximate surface area is 162 Å². The number of esters is 1. The largest absolute Gasteiger partial charge is 0.452 e. The van der Waals surface area contributed by atoms with E-state index in [4.69, 9.17) is 4.74 Å². The van der Waals surface area contributed by atoms with Gasteiger partial charge in [-0.1, -0.05) is 24.3 Å². The summed E-state index contributed by atoms with van der Waals surface area (Å²) < 4.78 is 44.7. The summed E-state index contributed by atoms with van der Waals surface area (Å²) in [6.07, 6.45) is 0. The SMILES string of the molecule is O=C(OCC(=O)N1CCN(S(=O)(=O)c2cccc(F)c2)CC1)c1ccccc1. The highest BCUT2D eigenvalue weighted by molar-refractivity contribution is 7.89. The van der Waals surface area contributed by atoms with Crippen molar-refractivity contribution < 1.29 is 27.1 Å². The Hall–Kier alpha value is -2.78. The summed E-state index contributed by atoms with van der Waals surface area (Å²) in [5, 5.41) is 0. The minimum atomic E-state index is -3.83. The number of amides is 1. The topological polar surface area (TPSA) is 84.0 Å². The van der Waals surface area contributed by atoms with Gasteiger partial charge in [-0.05, 0) is 30.3 Å². The van der Waals surface area contributed by atoms with Gasteiger partial charge in [0, 0.05) is 26.2 Å². The molecule has 2 aromatic rings. The van der Waals surface area contributed by atoms with Crippen LogP contribution in [0, 0.1) is 5.82 Å². The summed E-state index contributed by atoms with van der Waals surface area (Å²) in [5.74, 6) is -1.62. The lowest BCUT2D eigenvalue weighted by molar-refractivity contribution is -0.135.